The highest BCUT2D eigenvalue weighted by molar-refractivity contribution is 5.75. The molecule has 1 atom stereocenters. The van der Waals surface area contributed by atoms with Crippen molar-refractivity contribution in [2.45, 2.75) is 32.2 Å². The van der Waals surface area contributed by atoms with Gasteiger partial charge in [0.15, 0.2) is 0 Å². The van der Waals surface area contributed by atoms with E-state index in [9.17, 15) is 0 Å². The van der Waals surface area contributed by atoms with Crippen LogP contribution >= 0.6 is 0 Å². The molecule has 1 aliphatic rings. The van der Waals surface area contributed by atoms with Gasteiger partial charge in [0, 0.05) is 29.8 Å². The summed E-state index contributed by atoms with van der Waals surface area (Å²) in [7, 11) is 0. The first-order valence-corrected chi connectivity index (χ1v) is 10.5. The molecule has 0 amide bonds. The molecule has 31 heavy (non-hydrogen) atoms. The second-order valence-electron chi connectivity index (χ2n) is 7.98. The van der Waals surface area contributed by atoms with Crippen molar-refractivity contribution in [3.05, 3.63) is 89.3 Å². The Morgan fingerprint density at radius 3 is 2.74 bits per heavy atom. The summed E-state index contributed by atoms with van der Waals surface area (Å²) >= 11 is 0. The van der Waals surface area contributed by atoms with Crippen LogP contribution in [0.15, 0.2) is 76.7 Å². The van der Waals surface area contributed by atoms with Crippen LogP contribution in [0.25, 0.3) is 5.57 Å². The lowest BCUT2D eigenvalue weighted by Gasteiger charge is -2.34. The minimum absolute atomic E-state index is 0.108. The van der Waals surface area contributed by atoms with Crippen LogP contribution in [-0.2, 0) is 12.0 Å². The molecule has 4 rings (SSSR count). The average molecular weight is 417 g/mol. The SMILES string of the molecule is CC1=C(c2nnc(Nc3cccc(CNCCO)c3)o2)C=CCC1(C)c1ccccc1. The maximum Gasteiger partial charge on any atom is 0.320 e. The predicted octanol–water partition coefficient (Wildman–Crippen LogP) is 4.59. The Kier molecular flexibility index (Phi) is 6.30. The highest BCUT2D eigenvalue weighted by atomic mass is 16.4. The van der Waals surface area contributed by atoms with E-state index in [0.717, 1.165) is 23.2 Å². The largest absolute Gasteiger partial charge is 0.403 e. The van der Waals surface area contributed by atoms with Gasteiger partial charge in [0.25, 0.3) is 0 Å². The molecule has 0 fully saturated rings. The van der Waals surface area contributed by atoms with Crippen molar-refractivity contribution in [3.8, 4) is 0 Å². The number of aromatic nitrogens is 2. The van der Waals surface area contributed by atoms with E-state index in [-0.39, 0.29) is 12.0 Å². The summed E-state index contributed by atoms with van der Waals surface area (Å²) in [5.74, 6) is 0.513. The van der Waals surface area contributed by atoms with Crippen molar-refractivity contribution in [1.82, 2.24) is 15.5 Å². The molecule has 6 nitrogen and oxygen atoms in total. The molecule has 0 spiro atoms. The Morgan fingerprint density at radius 1 is 1.10 bits per heavy atom. The number of hydrogen-bond donors (Lipinski definition) is 3. The zero-order chi connectivity index (χ0) is 21.7. The number of benzene rings is 2. The van der Waals surface area contributed by atoms with Gasteiger partial charge in [-0.1, -0.05) is 66.6 Å². The van der Waals surface area contributed by atoms with Gasteiger partial charge in [-0.15, -0.1) is 5.10 Å². The highest BCUT2D eigenvalue weighted by Gasteiger charge is 2.33. The molecule has 160 valence electrons. The molecule has 0 saturated heterocycles. The van der Waals surface area contributed by atoms with Gasteiger partial charge in [0.1, 0.15) is 0 Å². The summed E-state index contributed by atoms with van der Waals surface area (Å²) in [6, 6.07) is 18.9. The van der Waals surface area contributed by atoms with E-state index in [2.05, 4.69) is 71.1 Å². The zero-order valence-corrected chi connectivity index (χ0v) is 17.9. The van der Waals surface area contributed by atoms with Crippen LogP contribution in [0.2, 0.25) is 0 Å². The van der Waals surface area contributed by atoms with E-state index in [1.54, 1.807) is 0 Å². The van der Waals surface area contributed by atoms with Crippen molar-refractivity contribution in [2.75, 3.05) is 18.5 Å². The van der Waals surface area contributed by atoms with Crippen LogP contribution in [-0.4, -0.2) is 28.5 Å². The Balaban J connectivity index is 1.54. The fraction of sp³-hybridized carbons (Fsp3) is 0.280. The molecule has 0 saturated carbocycles. The van der Waals surface area contributed by atoms with Gasteiger partial charge in [-0.3, -0.25) is 0 Å². The van der Waals surface area contributed by atoms with Gasteiger partial charge in [-0.2, -0.15) is 0 Å². The van der Waals surface area contributed by atoms with Crippen LogP contribution in [0.3, 0.4) is 0 Å². The number of aliphatic hydroxyl groups excluding tert-OH is 1. The fourth-order valence-corrected chi connectivity index (χ4v) is 3.94. The van der Waals surface area contributed by atoms with Crippen LogP contribution in [0.5, 0.6) is 0 Å². The van der Waals surface area contributed by atoms with E-state index >= 15 is 0 Å². The van der Waals surface area contributed by atoms with E-state index in [1.165, 1.54) is 11.1 Å². The fourth-order valence-electron chi connectivity index (χ4n) is 3.94. The summed E-state index contributed by atoms with van der Waals surface area (Å²) in [5.41, 5.74) is 5.33. The van der Waals surface area contributed by atoms with Gasteiger partial charge >= 0.3 is 6.01 Å². The molecule has 0 radical (unpaired) electrons. The van der Waals surface area contributed by atoms with Crippen LogP contribution < -0.4 is 10.6 Å². The molecule has 0 aliphatic heterocycles. The Labute approximate surface area is 182 Å². The van der Waals surface area contributed by atoms with Gasteiger partial charge in [0.05, 0.1) is 6.61 Å². The second-order valence-corrected chi connectivity index (χ2v) is 7.98. The third kappa shape index (κ3) is 4.60. The second kappa shape index (κ2) is 9.29. The number of anilines is 2. The zero-order valence-electron chi connectivity index (χ0n) is 17.9. The normalized spacial score (nSPS) is 18.4. The Bertz CT molecular complexity index is 1090. The highest BCUT2D eigenvalue weighted by Crippen LogP contribution is 2.42. The lowest BCUT2D eigenvalue weighted by molar-refractivity contribution is 0.292. The van der Waals surface area contributed by atoms with Crippen LogP contribution in [0.4, 0.5) is 11.7 Å². The Hall–Kier alpha value is -3.22. The molecule has 1 aliphatic carbocycles. The molecule has 1 heterocycles. The minimum atomic E-state index is -0.108. The van der Waals surface area contributed by atoms with Crippen molar-refractivity contribution in [2.24, 2.45) is 0 Å². The summed E-state index contributed by atoms with van der Waals surface area (Å²) in [6.07, 6.45) is 5.18. The number of nitrogens with one attached hydrogen (secondary N) is 2. The third-order valence-corrected chi connectivity index (χ3v) is 5.90. The van der Waals surface area contributed by atoms with Gasteiger partial charge in [-0.05, 0) is 42.2 Å². The van der Waals surface area contributed by atoms with E-state index < -0.39 is 0 Å². The standard InChI is InChI=1S/C25H28N4O2/c1-18-22(12-7-13-25(18,2)20-9-4-3-5-10-20)23-28-29-24(31-23)27-21-11-6-8-19(16-21)17-26-14-15-30/h3-12,16,26,30H,13-15,17H2,1-2H3,(H,27,29). The number of allylic oxidation sites excluding steroid dienone is 4. The molecule has 2 aromatic carbocycles. The topological polar surface area (TPSA) is 83.2 Å². The molecule has 6 heteroatoms. The molecule has 1 unspecified atom stereocenters. The summed E-state index contributed by atoms with van der Waals surface area (Å²) in [4.78, 5) is 0. The van der Waals surface area contributed by atoms with Crippen molar-refractivity contribution in [1.29, 1.82) is 0 Å². The van der Waals surface area contributed by atoms with E-state index in [0.29, 0.717) is 25.0 Å². The molecular weight excluding hydrogens is 388 g/mol. The van der Waals surface area contributed by atoms with Gasteiger partial charge < -0.3 is 20.2 Å². The third-order valence-electron chi connectivity index (χ3n) is 5.90. The first-order chi connectivity index (χ1) is 15.1. The molecular formula is C25H28N4O2. The van der Waals surface area contributed by atoms with E-state index in [1.807, 2.05) is 30.3 Å². The first-order valence-electron chi connectivity index (χ1n) is 10.5. The van der Waals surface area contributed by atoms with E-state index in [4.69, 9.17) is 9.52 Å². The smallest absolute Gasteiger partial charge is 0.320 e. The number of hydrogen-bond acceptors (Lipinski definition) is 6. The van der Waals surface area contributed by atoms with Crippen molar-refractivity contribution >= 4 is 17.3 Å². The average Bonchev–Trinajstić information content (AvgIpc) is 3.25. The van der Waals surface area contributed by atoms with Crippen molar-refractivity contribution < 1.29 is 9.52 Å². The van der Waals surface area contributed by atoms with Gasteiger partial charge in [0.2, 0.25) is 5.89 Å². The molecule has 3 N–H and O–H groups in total. The van der Waals surface area contributed by atoms with Crippen LogP contribution in [0, 0.1) is 0 Å². The number of aliphatic hydroxyl groups is 1. The summed E-state index contributed by atoms with van der Waals surface area (Å²) in [6.45, 7) is 5.77. The predicted molar refractivity (Wildman–Crippen MR) is 123 cm³/mol. The van der Waals surface area contributed by atoms with Gasteiger partial charge in [-0.25, -0.2) is 0 Å². The molecule has 0 bridgehead atoms. The minimum Gasteiger partial charge on any atom is -0.403 e. The van der Waals surface area contributed by atoms with Crippen LogP contribution in [0.1, 0.15) is 37.3 Å². The number of rotatable bonds is 8. The molecule has 1 aromatic heterocycles. The van der Waals surface area contributed by atoms with Crippen molar-refractivity contribution in [3.63, 3.8) is 0 Å². The Morgan fingerprint density at radius 2 is 1.94 bits per heavy atom. The number of nitrogens with zero attached hydrogens (tertiary/aromatic N) is 2. The quantitative estimate of drug-likeness (QED) is 0.466. The summed E-state index contributed by atoms with van der Waals surface area (Å²) in [5, 5.41) is 23.8. The lowest BCUT2D eigenvalue weighted by Crippen LogP contribution is -2.25. The maximum absolute atomic E-state index is 8.91. The molecule has 3 aromatic rings. The monoisotopic (exact) mass is 416 g/mol. The summed E-state index contributed by atoms with van der Waals surface area (Å²) < 4.78 is 5.97. The lowest BCUT2D eigenvalue weighted by atomic mass is 9.70. The maximum atomic E-state index is 8.91. The first kappa shape index (κ1) is 21.0.